The Balaban J connectivity index is 1.95. The fraction of sp³-hybridized carbons (Fsp3) is 0.389. The summed E-state index contributed by atoms with van der Waals surface area (Å²) in [7, 11) is 0. The number of rotatable bonds is 6. The topological polar surface area (TPSA) is 112 Å². The lowest BCUT2D eigenvalue weighted by Gasteiger charge is -2.15. The fourth-order valence-electron chi connectivity index (χ4n) is 2.83. The van der Waals surface area contributed by atoms with Crippen LogP contribution in [0.2, 0.25) is 0 Å². The maximum atomic E-state index is 13.1. The molecule has 30 heavy (non-hydrogen) atoms. The van der Waals surface area contributed by atoms with E-state index in [9.17, 15) is 18.0 Å². The highest BCUT2D eigenvalue weighted by Crippen LogP contribution is 2.25. The lowest BCUT2D eigenvalue weighted by molar-refractivity contribution is -0.129. The van der Waals surface area contributed by atoms with Gasteiger partial charge >= 0.3 is 6.18 Å². The van der Waals surface area contributed by atoms with E-state index in [2.05, 4.69) is 24.7 Å². The van der Waals surface area contributed by atoms with Gasteiger partial charge in [0.2, 0.25) is 5.95 Å². The first-order chi connectivity index (χ1) is 14.1. The van der Waals surface area contributed by atoms with E-state index in [0.29, 0.717) is 28.2 Å². The number of hydrogen-bond donors (Lipinski definition) is 2. The minimum Gasteiger partial charge on any atom is -0.368 e. The number of nitrogens with zero attached hydrogens (tertiary/aromatic N) is 5. The van der Waals surface area contributed by atoms with E-state index in [1.807, 2.05) is 13.8 Å². The number of alkyl halides is 3. The van der Waals surface area contributed by atoms with Gasteiger partial charge in [0.15, 0.2) is 5.65 Å². The molecule has 0 amide bonds. The number of halogens is 3. The molecule has 0 aliphatic heterocycles. The van der Waals surface area contributed by atoms with Crippen LogP contribution in [0.5, 0.6) is 0 Å². The Bertz CT molecular complexity index is 1130. The predicted molar refractivity (Wildman–Crippen MR) is 111 cm³/mol. The Kier molecular flexibility index (Phi) is 6.15. The van der Waals surface area contributed by atoms with Gasteiger partial charge in [-0.3, -0.25) is 9.36 Å². The number of hydrogen-bond acceptors (Lipinski definition) is 8. The van der Waals surface area contributed by atoms with Crippen molar-refractivity contribution < 1.29 is 13.2 Å². The van der Waals surface area contributed by atoms with E-state index in [4.69, 9.17) is 5.73 Å². The molecule has 3 aromatic heterocycles. The molecule has 3 aromatic rings. The van der Waals surface area contributed by atoms with Gasteiger partial charge in [0.1, 0.15) is 17.0 Å². The quantitative estimate of drug-likeness (QED) is 0.441. The monoisotopic (exact) mass is 439 g/mol. The molecule has 12 heteroatoms. The van der Waals surface area contributed by atoms with Crippen molar-refractivity contribution in [1.29, 1.82) is 0 Å². The van der Waals surface area contributed by atoms with Crippen molar-refractivity contribution >= 4 is 34.9 Å². The SMILES string of the molecule is Cc1nc(NSCCC(F)(F)F)ccc1-c1nc2cnc(N)nc2n(C(C)C)c1=O. The van der Waals surface area contributed by atoms with Gasteiger partial charge in [-0.15, -0.1) is 0 Å². The summed E-state index contributed by atoms with van der Waals surface area (Å²) in [6, 6.07) is 3.05. The molecule has 0 aromatic carbocycles. The van der Waals surface area contributed by atoms with Gasteiger partial charge in [0.25, 0.3) is 5.56 Å². The van der Waals surface area contributed by atoms with Crippen LogP contribution in [0.1, 0.15) is 32.0 Å². The number of nitrogen functional groups attached to an aromatic ring is 1. The lowest BCUT2D eigenvalue weighted by Crippen LogP contribution is -2.26. The Morgan fingerprint density at radius 1 is 1.23 bits per heavy atom. The molecule has 3 heterocycles. The number of nitrogens with two attached hydrogens (primary N) is 1. The van der Waals surface area contributed by atoms with Crippen molar-refractivity contribution in [3.8, 4) is 11.3 Å². The van der Waals surface area contributed by atoms with Crippen molar-refractivity contribution in [2.24, 2.45) is 0 Å². The highest BCUT2D eigenvalue weighted by molar-refractivity contribution is 8.00. The normalized spacial score (nSPS) is 12.0. The van der Waals surface area contributed by atoms with E-state index in [1.165, 1.54) is 10.8 Å². The third-order valence-electron chi connectivity index (χ3n) is 4.17. The molecule has 0 saturated carbocycles. The molecule has 0 aliphatic carbocycles. The average Bonchev–Trinajstić information content (AvgIpc) is 2.64. The number of fused-ring (bicyclic) bond motifs is 1. The molecule has 0 spiro atoms. The molecule has 0 saturated heterocycles. The predicted octanol–water partition coefficient (Wildman–Crippen LogP) is 3.73. The summed E-state index contributed by atoms with van der Waals surface area (Å²) in [5.74, 6) is 0.298. The zero-order valence-electron chi connectivity index (χ0n) is 16.5. The summed E-state index contributed by atoms with van der Waals surface area (Å²) >= 11 is 0.914. The highest BCUT2D eigenvalue weighted by atomic mass is 32.2. The molecule has 0 atom stereocenters. The van der Waals surface area contributed by atoms with Crippen molar-refractivity contribution in [2.75, 3.05) is 16.2 Å². The summed E-state index contributed by atoms with van der Waals surface area (Å²) in [6.45, 7) is 5.39. The van der Waals surface area contributed by atoms with E-state index in [-0.39, 0.29) is 29.0 Å². The molecule has 0 unspecified atom stereocenters. The number of pyridine rings is 1. The number of nitrogens with one attached hydrogen (secondary N) is 1. The fourth-order valence-corrected chi connectivity index (χ4v) is 3.53. The summed E-state index contributed by atoms with van der Waals surface area (Å²) in [6.07, 6.45) is -3.64. The van der Waals surface area contributed by atoms with Crippen molar-refractivity contribution in [3.05, 3.63) is 34.4 Å². The van der Waals surface area contributed by atoms with Crippen LogP contribution < -0.4 is 16.0 Å². The van der Waals surface area contributed by atoms with Gasteiger partial charge < -0.3 is 10.5 Å². The molecule has 0 radical (unpaired) electrons. The molecule has 3 rings (SSSR count). The smallest absolute Gasteiger partial charge is 0.368 e. The van der Waals surface area contributed by atoms with Crippen LogP contribution in [-0.4, -0.2) is 36.4 Å². The van der Waals surface area contributed by atoms with E-state index in [1.54, 1.807) is 19.1 Å². The molecule has 160 valence electrons. The maximum absolute atomic E-state index is 13.1. The van der Waals surface area contributed by atoms with Gasteiger partial charge in [0.05, 0.1) is 12.6 Å². The second kappa shape index (κ2) is 8.46. The van der Waals surface area contributed by atoms with E-state index in [0.717, 1.165) is 11.9 Å². The van der Waals surface area contributed by atoms with Crippen LogP contribution in [0.15, 0.2) is 23.1 Å². The first-order valence-corrected chi connectivity index (χ1v) is 10.0. The first kappa shape index (κ1) is 21.8. The van der Waals surface area contributed by atoms with E-state index >= 15 is 0 Å². The first-order valence-electron chi connectivity index (χ1n) is 9.04. The standard InChI is InChI=1S/C18H20F3N7OS/c1-9(2)28-15-12(8-23-17(22)26-15)25-14(16(28)29)11-4-5-13(24-10(11)3)27-30-7-6-18(19,20)21/h4-5,8-9H,6-7H2,1-3H3,(H,24,27)(H2,22,23,26). The average molecular weight is 439 g/mol. The molecular weight excluding hydrogens is 419 g/mol. The third kappa shape index (κ3) is 4.81. The van der Waals surface area contributed by atoms with Gasteiger partial charge in [-0.2, -0.15) is 18.2 Å². The molecule has 8 nitrogen and oxygen atoms in total. The van der Waals surface area contributed by atoms with Gasteiger partial charge in [-0.25, -0.2) is 15.0 Å². The Morgan fingerprint density at radius 3 is 2.60 bits per heavy atom. The Labute approximate surface area is 174 Å². The maximum Gasteiger partial charge on any atom is 0.389 e. The summed E-state index contributed by atoms with van der Waals surface area (Å²) < 4.78 is 41.0. The van der Waals surface area contributed by atoms with Crippen LogP contribution in [0, 0.1) is 6.92 Å². The van der Waals surface area contributed by atoms with Gasteiger partial charge in [-0.1, -0.05) is 11.9 Å². The van der Waals surface area contributed by atoms with Crippen LogP contribution in [0.4, 0.5) is 24.9 Å². The Morgan fingerprint density at radius 2 is 1.97 bits per heavy atom. The zero-order valence-corrected chi connectivity index (χ0v) is 17.3. The van der Waals surface area contributed by atoms with Crippen molar-refractivity contribution in [1.82, 2.24) is 24.5 Å². The van der Waals surface area contributed by atoms with Crippen LogP contribution in [0.25, 0.3) is 22.4 Å². The number of aromatic nitrogens is 5. The zero-order chi connectivity index (χ0) is 22.1. The summed E-state index contributed by atoms with van der Waals surface area (Å²) in [5, 5.41) is 0. The number of anilines is 2. The number of aryl methyl sites for hydroxylation is 1. The van der Waals surface area contributed by atoms with Crippen molar-refractivity contribution in [2.45, 2.75) is 39.4 Å². The largest absolute Gasteiger partial charge is 0.389 e. The second-order valence-electron chi connectivity index (χ2n) is 6.81. The molecule has 0 fully saturated rings. The third-order valence-corrected chi connectivity index (χ3v) is 4.93. The van der Waals surface area contributed by atoms with Crippen LogP contribution in [0.3, 0.4) is 0 Å². The molecule has 3 N–H and O–H groups in total. The van der Waals surface area contributed by atoms with Gasteiger partial charge in [0, 0.05) is 23.1 Å². The van der Waals surface area contributed by atoms with Crippen LogP contribution in [-0.2, 0) is 0 Å². The molecule has 0 aliphatic rings. The molecular formula is C18H20F3N7OS. The van der Waals surface area contributed by atoms with Crippen LogP contribution >= 0.6 is 11.9 Å². The van der Waals surface area contributed by atoms with Crippen molar-refractivity contribution in [3.63, 3.8) is 0 Å². The van der Waals surface area contributed by atoms with Gasteiger partial charge in [-0.05, 0) is 32.9 Å². The summed E-state index contributed by atoms with van der Waals surface area (Å²) in [4.78, 5) is 30.0. The molecule has 0 bridgehead atoms. The minimum atomic E-state index is -4.20. The highest BCUT2D eigenvalue weighted by Gasteiger charge is 2.26. The second-order valence-corrected chi connectivity index (χ2v) is 7.71. The van der Waals surface area contributed by atoms with E-state index < -0.39 is 12.6 Å². The Hall–Kier alpha value is -2.89. The lowest BCUT2D eigenvalue weighted by atomic mass is 10.1. The minimum absolute atomic E-state index is 0.0437. The summed E-state index contributed by atoms with van der Waals surface area (Å²) in [5.41, 5.74) is 7.28.